The second-order valence-corrected chi connectivity index (χ2v) is 5.57. The highest BCUT2D eigenvalue weighted by molar-refractivity contribution is 5.18. The van der Waals surface area contributed by atoms with Crippen LogP contribution in [-0.2, 0) is 0 Å². The standard InChI is InChI=1S/C15H22FNO2/c16-13-5-3-4-12(8-13)14(19)9-17-10-15(11-18)6-1-2-7-15/h3-5,8,14,17-19H,1-2,6-7,9-11H2. The Labute approximate surface area is 113 Å². The molecule has 0 bridgehead atoms. The minimum absolute atomic E-state index is 0.0261. The van der Waals surface area contributed by atoms with Gasteiger partial charge in [0.15, 0.2) is 0 Å². The molecule has 0 heterocycles. The van der Waals surface area contributed by atoms with Crippen molar-refractivity contribution in [2.45, 2.75) is 31.8 Å². The van der Waals surface area contributed by atoms with Crippen molar-refractivity contribution in [2.24, 2.45) is 5.41 Å². The normalized spacial score (nSPS) is 19.5. The van der Waals surface area contributed by atoms with Gasteiger partial charge < -0.3 is 15.5 Å². The highest BCUT2D eigenvalue weighted by atomic mass is 19.1. The van der Waals surface area contributed by atoms with E-state index in [9.17, 15) is 14.6 Å². The van der Waals surface area contributed by atoms with Crippen molar-refractivity contribution < 1.29 is 14.6 Å². The van der Waals surface area contributed by atoms with Crippen LogP contribution in [0.1, 0.15) is 37.4 Å². The van der Waals surface area contributed by atoms with Crippen LogP contribution in [0.15, 0.2) is 24.3 Å². The number of rotatable bonds is 6. The lowest BCUT2D eigenvalue weighted by Gasteiger charge is -2.27. The zero-order valence-electron chi connectivity index (χ0n) is 11.1. The van der Waals surface area contributed by atoms with Crippen molar-refractivity contribution in [1.82, 2.24) is 5.32 Å². The molecule has 1 aromatic rings. The largest absolute Gasteiger partial charge is 0.396 e. The first kappa shape index (κ1) is 14.4. The summed E-state index contributed by atoms with van der Waals surface area (Å²) in [6.45, 7) is 1.27. The lowest BCUT2D eigenvalue weighted by Crippen LogP contribution is -2.37. The van der Waals surface area contributed by atoms with Crippen LogP contribution < -0.4 is 5.32 Å². The molecule has 4 heteroatoms. The van der Waals surface area contributed by atoms with E-state index in [2.05, 4.69) is 5.32 Å². The number of nitrogens with one attached hydrogen (secondary N) is 1. The lowest BCUT2D eigenvalue weighted by atomic mass is 9.87. The van der Waals surface area contributed by atoms with E-state index in [0.29, 0.717) is 18.7 Å². The van der Waals surface area contributed by atoms with E-state index in [0.717, 1.165) is 25.7 Å². The van der Waals surface area contributed by atoms with Crippen LogP contribution in [0.25, 0.3) is 0 Å². The molecular formula is C15H22FNO2. The van der Waals surface area contributed by atoms with Crippen molar-refractivity contribution in [3.8, 4) is 0 Å². The van der Waals surface area contributed by atoms with Crippen molar-refractivity contribution >= 4 is 0 Å². The molecule has 0 amide bonds. The maximum atomic E-state index is 13.0. The fraction of sp³-hybridized carbons (Fsp3) is 0.600. The van der Waals surface area contributed by atoms with E-state index in [1.165, 1.54) is 12.1 Å². The predicted octanol–water partition coefficient (Wildman–Crippen LogP) is 2.00. The van der Waals surface area contributed by atoms with E-state index >= 15 is 0 Å². The van der Waals surface area contributed by atoms with Crippen LogP contribution in [0.3, 0.4) is 0 Å². The van der Waals surface area contributed by atoms with Gasteiger partial charge in [-0.2, -0.15) is 0 Å². The zero-order valence-corrected chi connectivity index (χ0v) is 11.1. The van der Waals surface area contributed by atoms with E-state index in [1.807, 2.05) is 0 Å². The molecule has 1 aliphatic rings. The summed E-state index contributed by atoms with van der Waals surface area (Å²) >= 11 is 0. The Morgan fingerprint density at radius 1 is 1.32 bits per heavy atom. The molecule has 1 aliphatic carbocycles. The molecule has 0 radical (unpaired) electrons. The Hall–Kier alpha value is -0.970. The number of aliphatic hydroxyl groups excluding tert-OH is 2. The second-order valence-electron chi connectivity index (χ2n) is 5.57. The summed E-state index contributed by atoms with van der Waals surface area (Å²) in [5, 5.41) is 22.7. The van der Waals surface area contributed by atoms with E-state index in [-0.39, 0.29) is 17.8 Å². The fourth-order valence-electron chi connectivity index (χ4n) is 2.82. The molecule has 19 heavy (non-hydrogen) atoms. The fourth-order valence-corrected chi connectivity index (χ4v) is 2.82. The minimum Gasteiger partial charge on any atom is -0.396 e. The molecule has 1 fully saturated rings. The van der Waals surface area contributed by atoms with E-state index in [4.69, 9.17) is 0 Å². The summed E-state index contributed by atoms with van der Waals surface area (Å²) < 4.78 is 13.0. The molecule has 0 saturated heterocycles. The molecule has 1 aromatic carbocycles. The summed E-state index contributed by atoms with van der Waals surface area (Å²) in [6.07, 6.45) is 3.68. The van der Waals surface area contributed by atoms with Gasteiger partial charge in [0.25, 0.3) is 0 Å². The topological polar surface area (TPSA) is 52.5 Å². The van der Waals surface area contributed by atoms with E-state index in [1.54, 1.807) is 12.1 Å². The average Bonchev–Trinajstić information content (AvgIpc) is 2.88. The number of aliphatic hydroxyl groups is 2. The Kier molecular flexibility index (Phi) is 4.91. The molecule has 1 saturated carbocycles. The Balaban J connectivity index is 1.82. The summed E-state index contributed by atoms with van der Waals surface area (Å²) in [5.41, 5.74) is 0.554. The van der Waals surface area contributed by atoms with Gasteiger partial charge in [-0.1, -0.05) is 25.0 Å². The molecule has 0 aliphatic heterocycles. The molecular weight excluding hydrogens is 245 g/mol. The molecule has 1 unspecified atom stereocenters. The van der Waals surface area contributed by atoms with E-state index < -0.39 is 6.10 Å². The highest BCUT2D eigenvalue weighted by Crippen LogP contribution is 2.36. The first-order chi connectivity index (χ1) is 9.15. The van der Waals surface area contributed by atoms with Gasteiger partial charge in [-0.3, -0.25) is 0 Å². The molecule has 1 atom stereocenters. The maximum absolute atomic E-state index is 13.0. The average molecular weight is 267 g/mol. The van der Waals surface area contributed by atoms with Gasteiger partial charge in [0.1, 0.15) is 5.82 Å². The number of hydrogen-bond donors (Lipinski definition) is 3. The molecule has 3 N–H and O–H groups in total. The Morgan fingerprint density at radius 3 is 2.68 bits per heavy atom. The van der Waals surface area contributed by atoms with Gasteiger partial charge in [-0.15, -0.1) is 0 Å². The van der Waals surface area contributed by atoms with Crippen LogP contribution in [0.4, 0.5) is 4.39 Å². The van der Waals surface area contributed by atoms with Crippen LogP contribution in [-0.4, -0.2) is 29.9 Å². The van der Waals surface area contributed by atoms with Crippen LogP contribution >= 0.6 is 0 Å². The zero-order chi connectivity index (χ0) is 13.7. The van der Waals surface area contributed by atoms with Gasteiger partial charge >= 0.3 is 0 Å². The molecule has 2 rings (SSSR count). The van der Waals surface area contributed by atoms with Gasteiger partial charge in [0.2, 0.25) is 0 Å². The van der Waals surface area contributed by atoms with Crippen LogP contribution in [0.5, 0.6) is 0 Å². The molecule has 3 nitrogen and oxygen atoms in total. The summed E-state index contributed by atoms with van der Waals surface area (Å²) in [6, 6.07) is 6.03. The monoisotopic (exact) mass is 267 g/mol. The van der Waals surface area contributed by atoms with Gasteiger partial charge in [0, 0.05) is 25.1 Å². The highest BCUT2D eigenvalue weighted by Gasteiger charge is 2.32. The maximum Gasteiger partial charge on any atom is 0.123 e. The van der Waals surface area contributed by atoms with Crippen molar-refractivity contribution in [1.29, 1.82) is 0 Å². The third kappa shape index (κ3) is 3.75. The smallest absolute Gasteiger partial charge is 0.123 e. The molecule has 0 spiro atoms. The Morgan fingerprint density at radius 2 is 2.05 bits per heavy atom. The SMILES string of the molecule is OCC1(CNCC(O)c2cccc(F)c2)CCCC1. The first-order valence-corrected chi connectivity index (χ1v) is 6.90. The Bertz CT molecular complexity index is 405. The number of benzene rings is 1. The first-order valence-electron chi connectivity index (χ1n) is 6.90. The third-order valence-corrected chi connectivity index (χ3v) is 4.07. The summed E-state index contributed by atoms with van der Waals surface area (Å²) in [4.78, 5) is 0. The lowest BCUT2D eigenvalue weighted by molar-refractivity contribution is 0.117. The van der Waals surface area contributed by atoms with Crippen molar-refractivity contribution in [3.63, 3.8) is 0 Å². The second kappa shape index (κ2) is 6.46. The third-order valence-electron chi connectivity index (χ3n) is 4.07. The van der Waals surface area contributed by atoms with Crippen LogP contribution in [0.2, 0.25) is 0 Å². The van der Waals surface area contributed by atoms with Crippen molar-refractivity contribution in [3.05, 3.63) is 35.6 Å². The van der Waals surface area contributed by atoms with Crippen molar-refractivity contribution in [2.75, 3.05) is 19.7 Å². The quantitative estimate of drug-likeness (QED) is 0.739. The molecule has 106 valence electrons. The predicted molar refractivity (Wildman–Crippen MR) is 72.2 cm³/mol. The summed E-state index contributed by atoms with van der Waals surface area (Å²) in [7, 11) is 0. The van der Waals surface area contributed by atoms with Gasteiger partial charge in [-0.05, 0) is 30.5 Å². The number of hydrogen-bond acceptors (Lipinski definition) is 3. The van der Waals surface area contributed by atoms with Gasteiger partial charge in [0.05, 0.1) is 6.10 Å². The van der Waals surface area contributed by atoms with Crippen LogP contribution in [0, 0.1) is 11.2 Å². The summed E-state index contributed by atoms with van der Waals surface area (Å²) in [5.74, 6) is -0.334. The minimum atomic E-state index is -0.715. The molecule has 0 aromatic heterocycles. The number of halogens is 1. The van der Waals surface area contributed by atoms with Gasteiger partial charge in [-0.25, -0.2) is 4.39 Å².